The summed E-state index contributed by atoms with van der Waals surface area (Å²) >= 11 is 0. The van der Waals surface area contributed by atoms with E-state index in [0.717, 1.165) is 0 Å². The summed E-state index contributed by atoms with van der Waals surface area (Å²) in [6, 6.07) is 0. The van der Waals surface area contributed by atoms with Gasteiger partial charge in [-0.1, -0.05) is 32.3 Å². The van der Waals surface area contributed by atoms with Gasteiger partial charge >= 0.3 is 0 Å². The molecule has 0 radical (unpaired) electrons. The first-order valence-corrected chi connectivity index (χ1v) is 6.16. The van der Waals surface area contributed by atoms with E-state index in [0.29, 0.717) is 0 Å². The Kier molecular flexibility index (Phi) is 3.65. The number of unbranched alkanes of at least 4 members (excludes halogenated alkanes) is 3. The van der Waals surface area contributed by atoms with E-state index in [1.807, 2.05) is 6.08 Å². The molecule has 0 bridgehead atoms. The Bertz CT molecular complexity index is 307. The fraction of sp³-hybridized carbons (Fsp3) is 0.571. The molecule has 0 N–H and O–H groups in total. The first kappa shape index (κ1) is 10.5. The van der Waals surface area contributed by atoms with Crippen LogP contribution in [0.1, 0.15) is 51.9 Å². The molecule has 0 unspecified atom stereocenters. The maximum absolute atomic E-state index is 5.60. The van der Waals surface area contributed by atoms with Crippen molar-refractivity contribution in [3.8, 4) is 0 Å². The van der Waals surface area contributed by atoms with Crippen LogP contribution in [0.25, 0.3) is 0 Å². The second kappa shape index (κ2) is 5.20. The van der Waals surface area contributed by atoms with Gasteiger partial charge in [0.25, 0.3) is 0 Å². The first-order valence-electron chi connectivity index (χ1n) is 6.16. The standard InChI is InChI=1S/C14H20O/c1-2-3-4-5-7-12-9-10-13-8-6-11-15-14(12)13/h6,8,11H,2-5,7,9-10H2,1H3. The number of hydrogen-bond acceptors (Lipinski definition) is 1. The molecule has 2 rings (SSSR count). The van der Waals surface area contributed by atoms with Crippen LogP contribution in [0.15, 0.2) is 35.3 Å². The molecule has 1 aliphatic heterocycles. The zero-order chi connectivity index (χ0) is 10.5. The summed E-state index contributed by atoms with van der Waals surface area (Å²) < 4.78 is 5.60. The summed E-state index contributed by atoms with van der Waals surface area (Å²) in [5.41, 5.74) is 2.95. The second-order valence-electron chi connectivity index (χ2n) is 4.38. The summed E-state index contributed by atoms with van der Waals surface area (Å²) in [4.78, 5) is 0. The van der Waals surface area contributed by atoms with Gasteiger partial charge in [-0.25, -0.2) is 0 Å². The van der Waals surface area contributed by atoms with E-state index in [2.05, 4.69) is 13.0 Å². The van der Waals surface area contributed by atoms with Crippen molar-refractivity contribution in [2.75, 3.05) is 0 Å². The van der Waals surface area contributed by atoms with Gasteiger partial charge in [0.05, 0.1) is 6.26 Å². The van der Waals surface area contributed by atoms with E-state index in [-0.39, 0.29) is 0 Å². The minimum atomic E-state index is 1.18. The highest BCUT2D eigenvalue weighted by Gasteiger charge is 2.21. The highest BCUT2D eigenvalue weighted by molar-refractivity contribution is 5.41. The summed E-state index contributed by atoms with van der Waals surface area (Å²) in [7, 11) is 0. The molecular weight excluding hydrogens is 184 g/mol. The summed E-state index contributed by atoms with van der Waals surface area (Å²) in [6.45, 7) is 2.26. The molecule has 0 fully saturated rings. The molecule has 1 nitrogen and oxygen atoms in total. The van der Waals surface area contributed by atoms with Gasteiger partial charge < -0.3 is 4.74 Å². The van der Waals surface area contributed by atoms with Crippen LogP contribution in [0, 0.1) is 0 Å². The molecule has 0 saturated carbocycles. The lowest BCUT2D eigenvalue weighted by Gasteiger charge is -2.10. The SMILES string of the molecule is CCCCCCC1=C2OC=CC=C2CC1. The van der Waals surface area contributed by atoms with Gasteiger partial charge in [-0.3, -0.25) is 0 Å². The van der Waals surface area contributed by atoms with E-state index < -0.39 is 0 Å². The molecular formula is C14H20O. The van der Waals surface area contributed by atoms with Crippen LogP contribution in [-0.4, -0.2) is 0 Å². The van der Waals surface area contributed by atoms with E-state index in [1.54, 1.807) is 11.8 Å². The van der Waals surface area contributed by atoms with Crippen LogP contribution >= 0.6 is 0 Å². The molecule has 0 aromatic rings. The Hall–Kier alpha value is -0.980. The van der Waals surface area contributed by atoms with E-state index in [9.17, 15) is 0 Å². The molecule has 0 saturated heterocycles. The second-order valence-corrected chi connectivity index (χ2v) is 4.38. The topological polar surface area (TPSA) is 9.23 Å². The molecule has 15 heavy (non-hydrogen) atoms. The van der Waals surface area contributed by atoms with Crippen LogP contribution in [0.2, 0.25) is 0 Å². The minimum absolute atomic E-state index is 1.18. The third kappa shape index (κ3) is 2.53. The molecule has 82 valence electrons. The smallest absolute Gasteiger partial charge is 0.128 e. The Morgan fingerprint density at radius 3 is 3.00 bits per heavy atom. The molecule has 0 atom stereocenters. The number of hydrogen-bond donors (Lipinski definition) is 0. The largest absolute Gasteiger partial charge is 0.465 e. The van der Waals surface area contributed by atoms with Crippen LogP contribution < -0.4 is 0 Å². The highest BCUT2D eigenvalue weighted by Crippen LogP contribution is 2.36. The molecule has 0 aromatic carbocycles. The van der Waals surface area contributed by atoms with E-state index in [4.69, 9.17) is 4.74 Å². The number of rotatable bonds is 5. The van der Waals surface area contributed by atoms with Crippen molar-refractivity contribution in [1.82, 2.24) is 0 Å². The first-order chi connectivity index (χ1) is 7.42. The predicted octanol–water partition coefficient (Wildman–Crippen LogP) is 4.48. The molecule has 1 aliphatic carbocycles. The Morgan fingerprint density at radius 1 is 1.20 bits per heavy atom. The number of ether oxygens (including phenoxy) is 1. The molecule has 0 spiro atoms. The average Bonchev–Trinajstić information content (AvgIpc) is 2.68. The van der Waals surface area contributed by atoms with Gasteiger partial charge in [0.2, 0.25) is 0 Å². The van der Waals surface area contributed by atoms with Crippen molar-refractivity contribution in [1.29, 1.82) is 0 Å². The van der Waals surface area contributed by atoms with Crippen LogP contribution in [0.5, 0.6) is 0 Å². The van der Waals surface area contributed by atoms with Crippen molar-refractivity contribution < 1.29 is 4.74 Å². The lowest BCUT2D eigenvalue weighted by Crippen LogP contribution is -1.92. The van der Waals surface area contributed by atoms with E-state index >= 15 is 0 Å². The van der Waals surface area contributed by atoms with Gasteiger partial charge in [-0.2, -0.15) is 0 Å². The molecule has 1 heteroatoms. The lowest BCUT2D eigenvalue weighted by atomic mass is 10.1. The fourth-order valence-corrected chi connectivity index (χ4v) is 2.32. The van der Waals surface area contributed by atoms with Gasteiger partial charge in [0.15, 0.2) is 0 Å². The Balaban J connectivity index is 1.87. The molecule has 0 amide bonds. The van der Waals surface area contributed by atoms with Gasteiger partial charge in [-0.05, 0) is 42.9 Å². The lowest BCUT2D eigenvalue weighted by molar-refractivity contribution is 0.353. The quantitative estimate of drug-likeness (QED) is 0.600. The van der Waals surface area contributed by atoms with Crippen molar-refractivity contribution >= 4 is 0 Å². The summed E-state index contributed by atoms with van der Waals surface area (Å²) in [5.74, 6) is 1.19. The maximum atomic E-state index is 5.60. The van der Waals surface area contributed by atoms with Crippen molar-refractivity contribution in [2.45, 2.75) is 51.9 Å². The maximum Gasteiger partial charge on any atom is 0.128 e. The third-order valence-corrected chi connectivity index (χ3v) is 3.20. The van der Waals surface area contributed by atoms with Gasteiger partial charge in [-0.15, -0.1) is 0 Å². The average molecular weight is 204 g/mol. The minimum Gasteiger partial charge on any atom is -0.465 e. The highest BCUT2D eigenvalue weighted by atomic mass is 16.5. The Morgan fingerprint density at radius 2 is 2.13 bits per heavy atom. The predicted molar refractivity (Wildman–Crippen MR) is 63.3 cm³/mol. The Labute approximate surface area is 92.5 Å². The van der Waals surface area contributed by atoms with Crippen molar-refractivity contribution in [2.24, 2.45) is 0 Å². The molecule has 0 aromatic heterocycles. The third-order valence-electron chi connectivity index (χ3n) is 3.20. The van der Waals surface area contributed by atoms with Gasteiger partial charge in [0.1, 0.15) is 5.76 Å². The molecule has 2 aliphatic rings. The zero-order valence-electron chi connectivity index (χ0n) is 9.59. The van der Waals surface area contributed by atoms with Crippen molar-refractivity contribution in [3.63, 3.8) is 0 Å². The fourth-order valence-electron chi connectivity index (χ4n) is 2.32. The van der Waals surface area contributed by atoms with Crippen LogP contribution in [0.3, 0.4) is 0 Å². The van der Waals surface area contributed by atoms with Crippen LogP contribution in [0.4, 0.5) is 0 Å². The summed E-state index contributed by atoms with van der Waals surface area (Å²) in [5, 5.41) is 0. The van der Waals surface area contributed by atoms with E-state index in [1.165, 1.54) is 56.3 Å². The number of allylic oxidation sites excluding steroid dienone is 4. The van der Waals surface area contributed by atoms with Gasteiger partial charge in [0, 0.05) is 0 Å². The van der Waals surface area contributed by atoms with Crippen molar-refractivity contribution in [3.05, 3.63) is 35.3 Å². The van der Waals surface area contributed by atoms with Crippen LogP contribution in [-0.2, 0) is 4.74 Å². The monoisotopic (exact) mass is 204 g/mol. The zero-order valence-corrected chi connectivity index (χ0v) is 9.59. The normalized spacial score (nSPS) is 18.9. The molecule has 1 heterocycles. The number of fused-ring (bicyclic) bond motifs is 1. The summed E-state index contributed by atoms with van der Waals surface area (Å²) in [6.07, 6.45) is 15.0.